The molecular formula is C19H20N2O3. The van der Waals surface area contributed by atoms with Gasteiger partial charge in [0, 0.05) is 13.6 Å². The third kappa shape index (κ3) is 3.74. The van der Waals surface area contributed by atoms with Crippen molar-refractivity contribution in [3.8, 4) is 5.75 Å². The Hall–Kier alpha value is -2.82. The molecule has 0 fully saturated rings. The molecule has 1 heterocycles. The van der Waals surface area contributed by atoms with E-state index < -0.39 is 0 Å². The van der Waals surface area contributed by atoms with E-state index in [2.05, 4.69) is 5.32 Å². The second-order valence-electron chi connectivity index (χ2n) is 5.79. The molecule has 0 saturated carbocycles. The van der Waals surface area contributed by atoms with E-state index in [0.29, 0.717) is 31.7 Å². The molecule has 0 spiro atoms. The lowest BCUT2D eigenvalue weighted by molar-refractivity contribution is -0.120. The Morgan fingerprint density at radius 3 is 2.75 bits per heavy atom. The molecule has 0 unspecified atom stereocenters. The fraction of sp³-hybridized carbons (Fsp3) is 0.263. The number of benzene rings is 2. The molecule has 5 heteroatoms. The van der Waals surface area contributed by atoms with Crippen LogP contribution in [0.25, 0.3) is 0 Å². The summed E-state index contributed by atoms with van der Waals surface area (Å²) in [5, 5.41) is 2.91. The Labute approximate surface area is 141 Å². The maximum absolute atomic E-state index is 12.0. The van der Waals surface area contributed by atoms with Crippen LogP contribution >= 0.6 is 0 Å². The average Bonchev–Trinajstić information content (AvgIpc) is 2.73. The standard InChI is InChI=1S/C19H20N2O3/c1-21-16-11-15(7-8-17(16)24-10-9-19(21)23)13-20-18(22)12-14-5-3-2-4-6-14/h2-8,11H,9-10,12-13H2,1H3,(H,20,22). The first-order valence-electron chi connectivity index (χ1n) is 7.96. The summed E-state index contributed by atoms with van der Waals surface area (Å²) in [6, 6.07) is 15.3. The van der Waals surface area contributed by atoms with Gasteiger partial charge >= 0.3 is 0 Å². The van der Waals surface area contributed by atoms with Crippen LogP contribution < -0.4 is 15.0 Å². The van der Waals surface area contributed by atoms with Crippen LogP contribution in [0.3, 0.4) is 0 Å². The van der Waals surface area contributed by atoms with Gasteiger partial charge in [0.15, 0.2) is 0 Å². The number of fused-ring (bicyclic) bond motifs is 1. The Bertz CT molecular complexity index is 744. The Balaban J connectivity index is 1.65. The minimum Gasteiger partial charge on any atom is -0.491 e. The molecule has 5 nitrogen and oxygen atoms in total. The zero-order valence-electron chi connectivity index (χ0n) is 13.6. The number of anilines is 1. The van der Waals surface area contributed by atoms with E-state index >= 15 is 0 Å². The number of hydrogen-bond acceptors (Lipinski definition) is 3. The maximum atomic E-state index is 12.0. The summed E-state index contributed by atoms with van der Waals surface area (Å²) in [6.45, 7) is 0.810. The molecule has 0 radical (unpaired) electrons. The van der Waals surface area contributed by atoms with Crippen molar-refractivity contribution in [2.75, 3.05) is 18.6 Å². The van der Waals surface area contributed by atoms with Crippen LogP contribution in [0.2, 0.25) is 0 Å². The van der Waals surface area contributed by atoms with E-state index in [1.165, 1.54) is 0 Å². The minimum atomic E-state index is -0.0307. The topological polar surface area (TPSA) is 58.6 Å². The molecule has 0 bridgehead atoms. The molecule has 1 aliphatic rings. The van der Waals surface area contributed by atoms with Crippen LogP contribution in [0.5, 0.6) is 5.75 Å². The molecule has 1 N–H and O–H groups in total. The highest BCUT2D eigenvalue weighted by Crippen LogP contribution is 2.31. The summed E-state index contributed by atoms with van der Waals surface area (Å²) in [4.78, 5) is 25.6. The highest BCUT2D eigenvalue weighted by molar-refractivity contribution is 5.95. The molecule has 2 aromatic carbocycles. The Kier molecular flexibility index (Phi) is 4.79. The maximum Gasteiger partial charge on any atom is 0.230 e. The number of rotatable bonds is 4. The van der Waals surface area contributed by atoms with Crippen molar-refractivity contribution < 1.29 is 14.3 Å². The first-order chi connectivity index (χ1) is 11.6. The number of carbonyl (C=O) groups is 2. The molecule has 0 aliphatic carbocycles. The van der Waals surface area contributed by atoms with Gasteiger partial charge in [-0.1, -0.05) is 36.4 Å². The molecule has 0 saturated heterocycles. The number of amides is 2. The first-order valence-corrected chi connectivity index (χ1v) is 7.96. The Morgan fingerprint density at radius 2 is 1.96 bits per heavy atom. The summed E-state index contributed by atoms with van der Waals surface area (Å²) < 4.78 is 5.60. The zero-order chi connectivity index (χ0) is 16.9. The second-order valence-corrected chi connectivity index (χ2v) is 5.79. The van der Waals surface area contributed by atoms with Crippen LogP contribution in [0.4, 0.5) is 5.69 Å². The predicted octanol–water partition coefficient (Wildman–Crippen LogP) is 2.29. The number of hydrogen-bond donors (Lipinski definition) is 1. The molecule has 1 aliphatic heterocycles. The summed E-state index contributed by atoms with van der Waals surface area (Å²) in [5.41, 5.74) is 2.66. The van der Waals surface area contributed by atoms with E-state index in [1.54, 1.807) is 11.9 Å². The van der Waals surface area contributed by atoms with Crippen molar-refractivity contribution >= 4 is 17.5 Å². The van der Waals surface area contributed by atoms with Crippen LogP contribution in [0, 0.1) is 0 Å². The zero-order valence-corrected chi connectivity index (χ0v) is 13.6. The molecule has 24 heavy (non-hydrogen) atoms. The summed E-state index contributed by atoms with van der Waals surface area (Å²) in [7, 11) is 1.74. The van der Waals surface area contributed by atoms with Crippen molar-refractivity contribution in [1.82, 2.24) is 5.32 Å². The van der Waals surface area contributed by atoms with E-state index in [9.17, 15) is 9.59 Å². The second kappa shape index (κ2) is 7.17. The molecule has 3 rings (SSSR count). The summed E-state index contributed by atoms with van der Waals surface area (Å²) >= 11 is 0. The van der Waals surface area contributed by atoms with E-state index in [0.717, 1.165) is 16.8 Å². The van der Waals surface area contributed by atoms with Gasteiger partial charge in [-0.2, -0.15) is 0 Å². The van der Waals surface area contributed by atoms with Gasteiger partial charge in [0.05, 0.1) is 25.1 Å². The highest BCUT2D eigenvalue weighted by atomic mass is 16.5. The monoisotopic (exact) mass is 324 g/mol. The molecular weight excluding hydrogens is 304 g/mol. The number of nitrogens with zero attached hydrogens (tertiary/aromatic N) is 1. The van der Waals surface area contributed by atoms with Crippen LogP contribution in [0.15, 0.2) is 48.5 Å². The highest BCUT2D eigenvalue weighted by Gasteiger charge is 2.20. The van der Waals surface area contributed by atoms with Crippen LogP contribution in [-0.4, -0.2) is 25.5 Å². The predicted molar refractivity (Wildman–Crippen MR) is 92.0 cm³/mol. The number of carbonyl (C=O) groups excluding carboxylic acids is 2. The van der Waals surface area contributed by atoms with Crippen molar-refractivity contribution in [3.05, 3.63) is 59.7 Å². The fourth-order valence-corrected chi connectivity index (χ4v) is 2.65. The third-order valence-corrected chi connectivity index (χ3v) is 4.03. The SMILES string of the molecule is CN1C(=O)CCOc2ccc(CNC(=O)Cc3ccccc3)cc21. The molecule has 2 aromatic rings. The van der Waals surface area contributed by atoms with Crippen LogP contribution in [0.1, 0.15) is 17.5 Å². The summed E-state index contributed by atoms with van der Waals surface area (Å²) in [6.07, 6.45) is 0.724. The molecule has 0 atom stereocenters. The third-order valence-electron chi connectivity index (χ3n) is 4.03. The number of ether oxygens (including phenoxy) is 1. The molecule has 124 valence electrons. The molecule has 2 amide bonds. The van der Waals surface area contributed by atoms with Crippen molar-refractivity contribution in [2.45, 2.75) is 19.4 Å². The van der Waals surface area contributed by atoms with Crippen molar-refractivity contribution in [1.29, 1.82) is 0 Å². The Morgan fingerprint density at radius 1 is 1.17 bits per heavy atom. The quantitative estimate of drug-likeness (QED) is 0.939. The van der Waals surface area contributed by atoms with Gasteiger partial charge in [-0.05, 0) is 23.3 Å². The summed E-state index contributed by atoms with van der Waals surface area (Å²) in [5.74, 6) is 0.693. The van der Waals surface area contributed by atoms with Gasteiger partial charge in [-0.15, -0.1) is 0 Å². The van der Waals surface area contributed by atoms with Gasteiger partial charge < -0.3 is 15.0 Å². The largest absolute Gasteiger partial charge is 0.491 e. The lowest BCUT2D eigenvalue weighted by Crippen LogP contribution is -2.26. The van der Waals surface area contributed by atoms with Gasteiger partial charge in [-0.3, -0.25) is 9.59 Å². The average molecular weight is 324 g/mol. The lowest BCUT2D eigenvalue weighted by Gasteiger charge is -2.17. The van der Waals surface area contributed by atoms with Crippen molar-refractivity contribution in [2.24, 2.45) is 0 Å². The normalized spacial score (nSPS) is 13.7. The first kappa shape index (κ1) is 16.1. The van der Waals surface area contributed by atoms with E-state index in [1.807, 2.05) is 48.5 Å². The van der Waals surface area contributed by atoms with Gasteiger partial charge in [-0.25, -0.2) is 0 Å². The van der Waals surface area contributed by atoms with E-state index in [4.69, 9.17) is 4.74 Å². The number of nitrogens with one attached hydrogen (secondary N) is 1. The van der Waals surface area contributed by atoms with Crippen LogP contribution in [-0.2, 0) is 22.6 Å². The van der Waals surface area contributed by atoms with Gasteiger partial charge in [0.1, 0.15) is 5.75 Å². The van der Waals surface area contributed by atoms with Gasteiger partial charge in [0.2, 0.25) is 11.8 Å². The lowest BCUT2D eigenvalue weighted by atomic mass is 10.1. The minimum absolute atomic E-state index is 0.0269. The van der Waals surface area contributed by atoms with Crippen molar-refractivity contribution in [3.63, 3.8) is 0 Å². The molecule has 0 aromatic heterocycles. The fourth-order valence-electron chi connectivity index (χ4n) is 2.65. The van der Waals surface area contributed by atoms with E-state index in [-0.39, 0.29) is 11.8 Å². The smallest absolute Gasteiger partial charge is 0.230 e. The van der Waals surface area contributed by atoms with Gasteiger partial charge in [0.25, 0.3) is 0 Å².